The lowest BCUT2D eigenvalue weighted by atomic mass is 10.0. The number of halogens is 1. The maximum atomic E-state index is 12.4. The van der Waals surface area contributed by atoms with Crippen molar-refractivity contribution in [1.82, 2.24) is 15.1 Å². The fourth-order valence-corrected chi connectivity index (χ4v) is 5.89. The SMILES string of the molecule is CC.Cc1ccc(Cc2nc3c(C4CCCC4)noc3c(=O)[nH]2)cc1S(=O)(=O)SCl. The van der Waals surface area contributed by atoms with E-state index in [0.717, 1.165) is 31.4 Å². The highest BCUT2D eigenvalue weighted by Gasteiger charge is 2.25. The van der Waals surface area contributed by atoms with Crippen molar-refractivity contribution >= 4 is 40.7 Å². The molecule has 162 valence electrons. The van der Waals surface area contributed by atoms with Crippen molar-refractivity contribution in [3.63, 3.8) is 0 Å². The van der Waals surface area contributed by atoms with Crippen LogP contribution in [0.1, 0.15) is 68.1 Å². The maximum absolute atomic E-state index is 12.4. The predicted octanol–water partition coefficient (Wildman–Crippen LogP) is 5.07. The molecule has 1 fully saturated rings. The molecule has 2 aromatic heterocycles. The van der Waals surface area contributed by atoms with Crippen molar-refractivity contribution in [3.8, 4) is 0 Å². The van der Waals surface area contributed by atoms with Crippen molar-refractivity contribution in [2.45, 2.75) is 63.7 Å². The van der Waals surface area contributed by atoms with Crippen molar-refractivity contribution < 1.29 is 12.9 Å². The van der Waals surface area contributed by atoms with Gasteiger partial charge in [0.1, 0.15) is 17.0 Å². The van der Waals surface area contributed by atoms with Crippen LogP contribution in [-0.2, 0) is 15.3 Å². The zero-order chi connectivity index (χ0) is 21.9. The van der Waals surface area contributed by atoms with Crippen LogP contribution in [0, 0.1) is 6.92 Å². The van der Waals surface area contributed by atoms with E-state index in [9.17, 15) is 13.2 Å². The van der Waals surface area contributed by atoms with E-state index in [4.69, 9.17) is 15.2 Å². The summed E-state index contributed by atoms with van der Waals surface area (Å²) in [5.41, 5.74) is 2.31. The molecule has 0 atom stereocenters. The minimum atomic E-state index is -3.63. The summed E-state index contributed by atoms with van der Waals surface area (Å²) in [5, 5.41) is 4.10. The highest BCUT2D eigenvalue weighted by atomic mass is 35.7. The first-order valence-corrected chi connectivity index (χ1v) is 13.6. The average Bonchev–Trinajstić information content (AvgIpc) is 3.40. The van der Waals surface area contributed by atoms with Crippen LogP contribution >= 0.6 is 20.7 Å². The number of aryl methyl sites for hydroxylation is 1. The van der Waals surface area contributed by atoms with Gasteiger partial charge in [0.2, 0.25) is 14.5 Å². The number of benzene rings is 1. The van der Waals surface area contributed by atoms with Crippen molar-refractivity contribution in [2.75, 3.05) is 0 Å². The quantitative estimate of drug-likeness (QED) is 0.520. The summed E-state index contributed by atoms with van der Waals surface area (Å²) in [5.74, 6) is 0.700. The molecule has 1 aliphatic rings. The second kappa shape index (κ2) is 9.53. The number of nitrogens with one attached hydrogen (secondary N) is 1. The minimum absolute atomic E-state index is 0.136. The smallest absolute Gasteiger partial charge is 0.297 e. The fraction of sp³-hybridized carbons (Fsp3) is 0.450. The Morgan fingerprint density at radius 2 is 1.97 bits per heavy atom. The van der Waals surface area contributed by atoms with E-state index < -0.39 is 8.87 Å². The summed E-state index contributed by atoms with van der Waals surface area (Å²) in [6, 6.07) is 5.09. The maximum Gasteiger partial charge on any atom is 0.297 e. The van der Waals surface area contributed by atoms with E-state index in [0.29, 0.717) is 22.5 Å². The number of aromatic amines is 1. The van der Waals surface area contributed by atoms with E-state index >= 15 is 0 Å². The van der Waals surface area contributed by atoms with Gasteiger partial charge in [0.25, 0.3) is 5.56 Å². The van der Waals surface area contributed by atoms with Crippen molar-refractivity contribution in [1.29, 1.82) is 0 Å². The first-order chi connectivity index (χ1) is 14.4. The standard InChI is InChI=1S/C18H18ClN3O4S2.C2H6/c1-10-6-7-11(8-13(10)28(24,25)27-19)9-14-20-16-15(12-4-2-3-5-12)22-26-17(16)18(23)21-14;1-2/h6-8,12H,2-5,9H2,1H3,(H,20,21,23);1-2H3. The third-order valence-electron chi connectivity index (χ3n) is 5.12. The van der Waals surface area contributed by atoms with Gasteiger partial charge in [0.15, 0.2) is 0 Å². The molecule has 10 heteroatoms. The van der Waals surface area contributed by atoms with Gasteiger partial charge in [-0.1, -0.05) is 44.0 Å². The van der Waals surface area contributed by atoms with E-state index in [1.165, 1.54) is 0 Å². The summed E-state index contributed by atoms with van der Waals surface area (Å²) < 4.78 is 29.5. The van der Waals surface area contributed by atoms with Gasteiger partial charge in [-0.2, -0.15) is 0 Å². The predicted molar refractivity (Wildman–Crippen MR) is 120 cm³/mol. The first-order valence-electron chi connectivity index (χ1n) is 9.92. The molecule has 1 aliphatic carbocycles. The second-order valence-electron chi connectivity index (χ2n) is 7.03. The fourth-order valence-electron chi connectivity index (χ4n) is 3.71. The summed E-state index contributed by atoms with van der Waals surface area (Å²) in [7, 11) is 2.17. The molecule has 1 saturated carbocycles. The van der Waals surface area contributed by atoms with Gasteiger partial charge < -0.3 is 9.51 Å². The Labute approximate surface area is 183 Å². The van der Waals surface area contributed by atoms with Crippen molar-refractivity contribution in [3.05, 3.63) is 51.2 Å². The number of hydrogen-bond acceptors (Lipinski definition) is 7. The summed E-state index contributed by atoms with van der Waals surface area (Å²) in [4.78, 5) is 19.8. The van der Waals surface area contributed by atoms with E-state index in [1.807, 2.05) is 19.9 Å². The molecule has 0 aliphatic heterocycles. The molecule has 0 bridgehead atoms. The van der Waals surface area contributed by atoms with Crippen LogP contribution in [-0.4, -0.2) is 23.5 Å². The average molecular weight is 470 g/mol. The third-order valence-corrected chi connectivity index (χ3v) is 8.80. The molecule has 0 amide bonds. The van der Waals surface area contributed by atoms with Crippen LogP contribution in [0.4, 0.5) is 0 Å². The Morgan fingerprint density at radius 3 is 2.63 bits per heavy atom. The Hall–Kier alpha value is -1.84. The summed E-state index contributed by atoms with van der Waals surface area (Å²) in [6.45, 7) is 5.71. The van der Waals surface area contributed by atoms with Gasteiger partial charge in [0, 0.05) is 12.3 Å². The summed E-state index contributed by atoms with van der Waals surface area (Å²) >= 11 is 0. The number of rotatable bonds is 5. The van der Waals surface area contributed by atoms with E-state index in [2.05, 4.69) is 15.1 Å². The molecule has 30 heavy (non-hydrogen) atoms. The molecule has 0 saturated heterocycles. The molecule has 7 nitrogen and oxygen atoms in total. The van der Waals surface area contributed by atoms with Crippen LogP contribution in [0.15, 0.2) is 32.4 Å². The number of fused-ring (bicyclic) bond motifs is 1. The van der Waals surface area contributed by atoms with E-state index in [1.54, 1.807) is 19.1 Å². The van der Waals surface area contributed by atoms with Gasteiger partial charge in [-0.25, -0.2) is 13.4 Å². The van der Waals surface area contributed by atoms with Crippen molar-refractivity contribution in [2.24, 2.45) is 0 Å². The first kappa shape index (κ1) is 22.8. The lowest BCUT2D eigenvalue weighted by Gasteiger charge is -2.08. The largest absolute Gasteiger partial charge is 0.348 e. The van der Waals surface area contributed by atoms with Gasteiger partial charge in [-0.15, -0.1) is 0 Å². The molecular weight excluding hydrogens is 446 g/mol. The molecule has 1 aromatic carbocycles. The number of nitrogens with zero attached hydrogens (tertiary/aromatic N) is 2. The highest BCUT2D eigenvalue weighted by Crippen LogP contribution is 2.36. The number of H-pyrrole nitrogens is 1. The minimum Gasteiger partial charge on any atom is -0.348 e. The highest BCUT2D eigenvalue weighted by molar-refractivity contribution is 8.80. The van der Waals surface area contributed by atoms with Gasteiger partial charge >= 0.3 is 0 Å². The Bertz CT molecular complexity index is 1200. The van der Waals surface area contributed by atoms with Crippen LogP contribution in [0.5, 0.6) is 0 Å². The topological polar surface area (TPSA) is 106 Å². The van der Waals surface area contributed by atoms with Crippen LogP contribution in [0.3, 0.4) is 0 Å². The third kappa shape index (κ3) is 4.58. The molecule has 2 heterocycles. The van der Waals surface area contributed by atoms with Gasteiger partial charge in [0.05, 0.1) is 14.9 Å². The molecule has 4 rings (SSSR count). The molecule has 0 unspecified atom stereocenters. The molecule has 1 N–H and O–H groups in total. The van der Waals surface area contributed by atoms with Gasteiger partial charge in [-0.3, -0.25) is 4.79 Å². The molecule has 0 radical (unpaired) electrons. The van der Waals surface area contributed by atoms with Gasteiger partial charge in [-0.05, 0) is 47.6 Å². The van der Waals surface area contributed by atoms with Crippen LogP contribution in [0.25, 0.3) is 11.1 Å². The van der Waals surface area contributed by atoms with Crippen LogP contribution < -0.4 is 5.56 Å². The zero-order valence-corrected chi connectivity index (χ0v) is 19.5. The normalized spacial score (nSPS) is 14.7. The Kier molecular flexibility index (Phi) is 7.26. The zero-order valence-electron chi connectivity index (χ0n) is 17.1. The molecular formula is C20H24ClN3O4S2. The van der Waals surface area contributed by atoms with Crippen LogP contribution in [0.2, 0.25) is 0 Å². The van der Waals surface area contributed by atoms with E-state index in [-0.39, 0.29) is 38.4 Å². The lowest BCUT2D eigenvalue weighted by molar-refractivity contribution is 0.434. The number of aromatic nitrogens is 3. The summed E-state index contributed by atoms with van der Waals surface area (Å²) in [6.07, 6.45) is 4.57. The Balaban J connectivity index is 0.00000124. The molecule has 0 spiro atoms. The Morgan fingerprint density at radius 1 is 1.27 bits per heavy atom. The monoisotopic (exact) mass is 469 g/mol. The lowest BCUT2D eigenvalue weighted by Crippen LogP contribution is -2.12. The molecule has 3 aromatic rings. The second-order valence-corrected chi connectivity index (χ2v) is 11.3. The number of hydrogen-bond donors (Lipinski definition) is 1.